The predicted molar refractivity (Wildman–Crippen MR) is 82.0 cm³/mol. The van der Waals surface area contributed by atoms with Gasteiger partial charge in [0, 0.05) is 12.5 Å². The van der Waals surface area contributed by atoms with Crippen LogP contribution >= 0.6 is 0 Å². The fourth-order valence-electron chi connectivity index (χ4n) is 3.77. The van der Waals surface area contributed by atoms with E-state index in [4.69, 9.17) is 10.5 Å². The van der Waals surface area contributed by atoms with Gasteiger partial charge in [0.15, 0.2) is 5.75 Å². The molecule has 0 radical (unpaired) electrons. The number of nitrogens with two attached hydrogens (primary N) is 1. The summed E-state index contributed by atoms with van der Waals surface area (Å²) in [6, 6.07) is 0. The Kier molecular flexibility index (Phi) is 5.46. The van der Waals surface area contributed by atoms with Gasteiger partial charge in [-0.25, -0.2) is 0 Å². The zero-order valence-electron chi connectivity index (χ0n) is 13.1. The highest BCUT2D eigenvalue weighted by molar-refractivity contribution is 5.30. The van der Waals surface area contributed by atoms with Crippen molar-refractivity contribution in [1.29, 1.82) is 0 Å². The molecule has 2 rings (SSSR count). The third-order valence-corrected chi connectivity index (χ3v) is 4.82. The number of methoxy groups -OCH3 is 1. The van der Waals surface area contributed by atoms with E-state index in [2.05, 4.69) is 23.6 Å². The largest absolute Gasteiger partial charge is 0.493 e. The molecule has 2 N–H and O–H groups in total. The number of aryl methyl sites for hydroxylation is 1. The zero-order chi connectivity index (χ0) is 14.5. The van der Waals surface area contributed by atoms with E-state index >= 15 is 0 Å². The quantitative estimate of drug-likeness (QED) is 0.870. The van der Waals surface area contributed by atoms with E-state index in [1.54, 1.807) is 7.11 Å². The van der Waals surface area contributed by atoms with Crippen LogP contribution in [0.4, 0.5) is 0 Å². The number of rotatable bonds is 6. The first kappa shape index (κ1) is 15.4. The summed E-state index contributed by atoms with van der Waals surface area (Å²) in [6.07, 6.45) is 8.26. The lowest BCUT2D eigenvalue weighted by Crippen LogP contribution is -2.30. The molecule has 114 valence electrons. The Hall–Kier alpha value is -1.03. The van der Waals surface area contributed by atoms with Crippen LogP contribution in [0.25, 0.3) is 0 Å². The Morgan fingerprint density at radius 2 is 2.20 bits per heavy atom. The molecule has 1 aromatic rings. The van der Waals surface area contributed by atoms with Crippen LogP contribution < -0.4 is 10.5 Å². The molecule has 4 heteroatoms. The SMILES string of the molecule is CCCC1CCC(CN)C(c2c(OC)cnn2CC)C1. The van der Waals surface area contributed by atoms with E-state index in [0.29, 0.717) is 11.8 Å². The average Bonchev–Trinajstić information content (AvgIpc) is 2.90. The summed E-state index contributed by atoms with van der Waals surface area (Å²) in [5.74, 6) is 2.84. The molecular formula is C16H29N3O. The first-order valence-electron chi connectivity index (χ1n) is 8.04. The van der Waals surface area contributed by atoms with Gasteiger partial charge >= 0.3 is 0 Å². The molecule has 0 spiro atoms. The molecule has 4 nitrogen and oxygen atoms in total. The molecule has 0 amide bonds. The molecule has 1 aromatic heterocycles. The summed E-state index contributed by atoms with van der Waals surface area (Å²) < 4.78 is 7.64. The second kappa shape index (κ2) is 7.11. The highest BCUT2D eigenvalue weighted by Crippen LogP contribution is 2.44. The van der Waals surface area contributed by atoms with E-state index < -0.39 is 0 Å². The molecule has 1 heterocycles. The summed E-state index contributed by atoms with van der Waals surface area (Å²) in [5.41, 5.74) is 7.30. The molecule has 3 atom stereocenters. The van der Waals surface area contributed by atoms with Gasteiger partial charge in [-0.1, -0.05) is 26.2 Å². The highest BCUT2D eigenvalue weighted by atomic mass is 16.5. The van der Waals surface area contributed by atoms with Crippen molar-refractivity contribution in [2.24, 2.45) is 17.6 Å². The molecule has 1 fully saturated rings. The van der Waals surface area contributed by atoms with Crippen molar-refractivity contribution >= 4 is 0 Å². The highest BCUT2D eigenvalue weighted by Gasteiger charge is 2.34. The number of hydrogen-bond donors (Lipinski definition) is 1. The molecular weight excluding hydrogens is 250 g/mol. The zero-order valence-corrected chi connectivity index (χ0v) is 13.1. The van der Waals surface area contributed by atoms with Crippen LogP contribution in [0.15, 0.2) is 6.20 Å². The molecule has 0 aliphatic heterocycles. The van der Waals surface area contributed by atoms with Crippen molar-refractivity contribution in [3.63, 3.8) is 0 Å². The third kappa shape index (κ3) is 3.00. The van der Waals surface area contributed by atoms with Crippen LogP contribution in [0.2, 0.25) is 0 Å². The van der Waals surface area contributed by atoms with Crippen molar-refractivity contribution in [2.75, 3.05) is 13.7 Å². The Balaban J connectivity index is 2.28. The maximum atomic E-state index is 6.03. The summed E-state index contributed by atoms with van der Waals surface area (Å²) >= 11 is 0. The molecule has 0 saturated heterocycles. The fourth-order valence-corrected chi connectivity index (χ4v) is 3.77. The molecule has 3 unspecified atom stereocenters. The lowest BCUT2D eigenvalue weighted by atomic mass is 9.71. The van der Waals surface area contributed by atoms with Crippen LogP contribution in [0.1, 0.15) is 57.6 Å². The van der Waals surface area contributed by atoms with E-state index in [-0.39, 0.29) is 0 Å². The van der Waals surface area contributed by atoms with Crippen molar-refractivity contribution in [1.82, 2.24) is 9.78 Å². The first-order valence-corrected chi connectivity index (χ1v) is 8.04. The second-order valence-electron chi connectivity index (χ2n) is 5.98. The molecule has 0 aromatic carbocycles. The minimum Gasteiger partial charge on any atom is -0.493 e. The summed E-state index contributed by atoms with van der Waals surface area (Å²) in [4.78, 5) is 0. The van der Waals surface area contributed by atoms with Crippen molar-refractivity contribution in [3.8, 4) is 5.75 Å². The maximum absolute atomic E-state index is 6.03. The molecule has 1 aliphatic carbocycles. The maximum Gasteiger partial charge on any atom is 0.160 e. The molecule has 1 saturated carbocycles. The van der Waals surface area contributed by atoms with Gasteiger partial charge in [0.2, 0.25) is 0 Å². The summed E-state index contributed by atoms with van der Waals surface area (Å²) in [5, 5.41) is 4.47. The predicted octanol–water partition coefficient (Wildman–Crippen LogP) is 3.17. The topological polar surface area (TPSA) is 53.1 Å². The Morgan fingerprint density at radius 3 is 2.80 bits per heavy atom. The van der Waals surface area contributed by atoms with Crippen LogP contribution in [-0.2, 0) is 6.54 Å². The molecule has 0 bridgehead atoms. The minimum absolute atomic E-state index is 0.502. The van der Waals surface area contributed by atoms with Gasteiger partial charge in [-0.15, -0.1) is 0 Å². The summed E-state index contributed by atoms with van der Waals surface area (Å²) in [7, 11) is 1.74. The van der Waals surface area contributed by atoms with Gasteiger partial charge in [-0.3, -0.25) is 4.68 Å². The normalized spacial score (nSPS) is 26.7. The van der Waals surface area contributed by atoms with Gasteiger partial charge in [-0.2, -0.15) is 5.10 Å². The molecule has 20 heavy (non-hydrogen) atoms. The molecule has 1 aliphatic rings. The van der Waals surface area contributed by atoms with E-state index in [1.165, 1.54) is 37.8 Å². The van der Waals surface area contributed by atoms with Crippen LogP contribution in [0, 0.1) is 11.8 Å². The Morgan fingerprint density at radius 1 is 1.40 bits per heavy atom. The first-order chi connectivity index (χ1) is 9.74. The van der Waals surface area contributed by atoms with Crippen LogP contribution in [-0.4, -0.2) is 23.4 Å². The van der Waals surface area contributed by atoms with Crippen LogP contribution in [0.3, 0.4) is 0 Å². The lowest BCUT2D eigenvalue weighted by molar-refractivity contribution is 0.218. The van der Waals surface area contributed by atoms with Crippen molar-refractivity contribution < 1.29 is 4.74 Å². The second-order valence-corrected chi connectivity index (χ2v) is 5.98. The Labute approximate surface area is 122 Å². The number of nitrogens with zero attached hydrogens (tertiary/aromatic N) is 2. The minimum atomic E-state index is 0.502. The number of hydrogen-bond acceptors (Lipinski definition) is 3. The van der Waals surface area contributed by atoms with E-state index in [9.17, 15) is 0 Å². The van der Waals surface area contributed by atoms with Gasteiger partial charge in [0.05, 0.1) is 19.0 Å². The van der Waals surface area contributed by atoms with Gasteiger partial charge < -0.3 is 10.5 Å². The van der Waals surface area contributed by atoms with Crippen molar-refractivity contribution in [3.05, 3.63) is 11.9 Å². The number of aromatic nitrogens is 2. The van der Waals surface area contributed by atoms with Crippen LogP contribution in [0.5, 0.6) is 5.75 Å². The Bertz CT molecular complexity index is 394. The number of ether oxygens (including phenoxy) is 1. The van der Waals surface area contributed by atoms with Gasteiger partial charge in [-0.05, 0) is 38.1 Å². The van der Waals surface area contributed by atoms with E-state index in [1.807, 2.05) is 6.20 Å². The van der Waals surface area contributed by atoms with Gasteiger partial charge in [0.1, 0.15) is 0 Å². The summed E-state index contributed by atoms with van der Waals surface area (Å²) in [6.45, 7) is 6.08. The average molecular weight is 279 g/mol. The van der Waals surface area contributed by atoms with Gasteiger partial charge in [0.25, 0.3) is 0 Å². The standard InChI is InChI=1S/C16H29N3O/c1-4-6-12-7-8-13(10-17)14(9-12)16-15(20-3)11-18-19(16)5-2/h11-14H,4-10,17H2,1-3H3. The van der Waals surface area contributed by atoms with Crippen molar-refractivity contribution in [2.45, 2.75) is 58.4 Å². The van der Waals surface area contributed by atoms with E-state index in [0.717, 1.165) is 24.8 Å². The smallest absolute Gasteiger partial charge is 0.160 e. The fraction of sp³-hybridized carbons (Fsp3) is 0.812. The monoisotopic (exact) mass is 279 g/mol. The third-order valence-electron chi connectivity index (χ3n) is 4.82. The lowest BCUT2D eigenvalue weighted by Gasteiger charge is -2.36.